The van der Waals surface area contributed by atoms with Crippen LogP contribution in [0.3, 0.4) is 0 Å². The van der Waals surface area contributed by atoms with Crippen LogP contribution >= 0.6 is 0 Å². The maximum absolute atomic E-state index is 10.9. The fourth-order valence-electron chi connectivity index (χ4n) is 2.38. The highest BCUT2D eigenvalue weighted by atomic mass is 16.4. The van der Waals surface area contributed by atoms with Crippen molar-refractivity contribution in [2.45, 2.75) is 12.3 Å². The van der Waals surface area contributed by atoms with Gasteiger partial charge in [-0.3, -0.25) is 9.48 Å². The number of aliphatic carboxylic acids is 1. The Balaban J connectivity index is 2.11. The van der Waals surface area contributed by atoms with Crippen molar-refractivity contribution < 1.29 is 9.90 Å². The minimum absolute atomic E-state index is 0.134. The van der Waals surface area contributed by atoms with Crippen molar-refractivity contribution in [2.75, 3.05) is 0 Å². The molecule has 1 aliphatic rings. The fourth-order valence-corrected chi connectivity index (χ4v) is 2.38. The van der Waals surface area contributed by atoms with Gasteiger partial charge in [0.2, 0.25) is 0 Å². The van der Waals surface area contributed by atoms with Crippen LogP contribution in [-0.4, -0.2) is 20.9 Å². The Kier molecular flexibility index (Phi) is 1.80. The number of aryl methyl sites for hydroxylation is 1. The second kappa shape index (κ2) is 3.07. The molecule has 0 radical (unpaired) electrons. The molecule has 1 saturated carbocycles. The summed E-state index contributed by atoms with van der Waals surface area (Å²) in [4.78, 5) is 10.9. The Morgan fingerprint density at radius 2 is 2.25 bits per heavy atom. The Hall–Kier alpha value is -1.84. The first-order valence-corrected chi connectivity index (χ1v) is 5.33. The van der Waals surface area contributed by atoms with Crippen LogP contribution in [0.5, 0.6) is 0 Å². The van der Waals surface area contributed by atoms with E-state index in [4.69, 9.17) is 5.11 Å². The average Bonchev–Trinajstić information content (AvgIpc) is 2.95. The summed E-state index contributed by atoms with van der Waals surface area (Å²) in [5.41, 5.74) is 2.00. The average molecular weight is 216 g/mol. The number of carbonyl (C=O) groups is 1. The van der Waals surface area contributed by atoms with E-state index in [0.29, 0.717) is 0 Å². The second-order valence-electron chi connectivity index (χ2n) is 4.31. The van der Waals surface area contributed by atoms with E-state index in [1.54, 1.807) is 0 Å². The van der Waals surface area contributed by atoms with E-state index in [2.05, 4.69) is 5.10 Å². The van der Waals surface area contributed by atoms with Crippen molar-refractivity contribution in [3.05, 3.63) is 30.0 Å². The number of rotatable bonds is 2. The maximum atomic E-state index is 10.9. The zero-order chi connectivity index (χ0) is 11.3. The first-order valence-electron chi connectivity index (χ1n) is 5.33. The fraction of sp³-hybridized carbons (Fsp3) is 0.333. The van der Waals surface area contributed by atoms with Crippen molar-refractivity contribution in [1.29, 1.82) is 0 Å². The van der Waals surface area contributed by atoms with Gasteiger partial charge in [0.05, 0.1) is 11.4 Å². The van der Waals surface area contributed by atoms with E-state index in [0.717, 1.165) is 23.0 Å². The first kappa shape index (κ1) is 9.39. The lowest BCUT2D eigenvalue weighted by atomic mass is 10.1. The van der Waals surface area contributed by atoms with E-state index in [9.17, 15) is 4.79 Å². The van der Waals surface area contributed by atoms with E-state index in [1.165, 1.54) is 0 Å². The highest BCUT2D eigenvalue weighted by molar-refractivity contribution is 5.84. The highest BCUT2D eigenvalue weighted by Crippen LogP contribution is 2.49. The van der Waals surface area contributed by atoms with Gasteiger partial charge in [0, 0.05) is 24.0 Å². The number of hydrogen-bond donors (Lipinski definition) is 1. The molecule has 1 aromatic carbocycles. The Morgan fingerprint density at radius 3 is 2.94 bits per heavy atom. The van der Waals surface area contributed by atoms with Crippen molar-refractivity contribution in [3.8, 4) is 0 Å². The lowest BCUT2D eigenvalue weighted by molar-refractivity contribution is -0.138. The summed E-state index contributed by atoms with van der Waals surface area (Å²) in [5.74, 6) is -0.788. The van der Waals surface area contributed by atoms with Crippen LogP contribution < -0.4 is 0 Å². The van der Waals surface area contributed by atoms with Crippen molar-refractivity contribution >= 4 is 16.9 Å². The number of carboxylic acid groups (broad SMARTS) is 1. The van der Waals surface area contributed by atoms with Gasteiger partial charge in [-0.05, 0) is 12.5 Å². The molecule has 1 aliphatic carbocycles. The SMILES string of the molecule is Cn1nc2ccccc2c1C1CC1C(=O)O. The predicted molar refractivity (Wildman–Crippen MR) is 59.2 cm³/mol. The largest absolute Gasteiger partial charge is 0.481 e. The summed E-state index contributed by atoms with van der Waals surface area (Å²) < 4.78 is 1.82. The van der Waals surface area contributed by atoms with Crippen LogP contribution in [0, 0.1) is 5.92 Å². The van der Waals surface area contributed by atoms with E-state index in [1.807, 2.05) is 36.0 Å². The minimum atomic E-state index is -0.699. The summed E-state index contributed by atoms with van der Waals surface area (Å²) >= 11 is 0. The third-order valence-electron chi connectivity index (χ3n) is 3.25. The molecular weight excluding hydrogens is 204 g/mol. The summed E-state index contributed by atoms with van der Waals surface area (Å²) in [5, 5.41) is 14.4. The molecule has 4 nitrogen and oxygen atoms in total. The maximum Gasteiger partial charge on any atom is 0.307 e. The molecule has 2 unspecified atom stereocenters. The van der Waals surface area contributed by atoms with Gasteiger partial charge in [0.25, 0.3) is 0 Å². The van der Waals surface area contributed by atoms with Gasteiger partial charge in [0.1, 0.15) is 0 Å². The molecule has 0 aliphatic heterocycles. The van der Waals surface area contributed by atoms with E-state index < -0.39 is 5.97 Å². The topological polar surface area (TPSA) is 55.1 Å². The molecule has 3 rings (SSSR count). The number of nitrogens with zero attached hydrogens (tertiary/aromatic N) is 2. The first-order chi connectivity index (χ1) is 7.68. The monoisotopic (exact) mass is 216 g/mol. The predicted octanol–water partition coefficient (Wildman–Crippen LogP) is 1.76. The number of aromatic nitrogens is 2. The highest BCUT2D eigenvalue weighted by Gasteiger charge is 2.46. The lowest BCUT2D eigenvalue weighted by Gasteiger charge is -1.99. The van der Waals surface area contributed by atoms with Gasteiger partial charge in [0.15, 0.2) is 0 Å². The molecule has 2 atom stereocenters. The molecule has 1 heterocycles. The third-order valence-corrected chi connectivity index (χ3v) is 3.25. The van der Waals surface area contributed by atoms with E-state index in [-0.39, 0.29) is 11.8 Å². The minimum Gasteiger partial charge on any atom is -0.481 e. The lowest BCUT2D eigenvalue weighted by Crippen LogP contribution is -2.02. The van der Waals surface area contributed by atoms with Gasteiger partial charge >= 0.3 is 5.97 Å². The molecule has 1 N–H and O–H groups in total. The van der Waals surface area contributed by atoms with Crippen molar-refractivity contribution in [1.82, 2.24) is 9.78 Å². The quantitative estimate of drug-likeness (QED) is 0.832. The number of hydrogen-bond acceptors (Lipinski definition) is 2. The Bertz CT molecular complexity index is 573. The van der Waals surface area contributed by atoms with Gasteiger partial charge in [-0.15, -0.1) is 0 Å². The third kappa shape index (κ3) is 1.23. The van der Waals surface area contributed by atoms with Gasteiger partial charge < -0.3 is 5.11 Å². The number of benzene rings is 1. The number of carboxylic acids is 1. The number of fused-ring (bicyclic) bond motifs is 1. The molecule has 1 aromatic heterocycles. The van der Waals surface area contributed by atoms with Crippen LogP contribution in [0.25, 0.3) is 10.9 Å². The normalized spacial score (nSPS) is 23.6. The molecule has 1 fully saturated rings. The molecule has 2 aromatic rings. The second-order valence-corrected chi connectivity index (χ2v) is 4.31. The van der Waals surface area contributed by atoms with Gasteiger partial charge in [-0.25, -0.2) is 0 Å². The summed E-state index contributed by atoms with van der Waals surface area (Å²) in [6.07, 6.45) is 0.735. The molecule has 82 valence electrons. The molecule has 0 amide bonds. The molecular formula is C12H12N2O2. The molecule has 0 saturated heterocycles. The Morgan fingerprint density at radius 1 is 1.50 bits per heavy atom. The molecule has 0 bridgehead atoms. The molecule has 16 heavy (non-hydrogen) atoms. The summed E-state index contributed by atoms with van der Waals surface area (Å²) in [6, 6.07) is 7.87. The van der Waals surface area contributed by atoms with Crippen LogP contribution in [0.1, 0.15) is 18.0 Å². The van der Waals surface area contributed by atoms with Crippen LogP contribution in [0.15, 0.2) is 24.3 Å². The molecule has 4 heteroatoms. The van der Waals surface area contributed by atoms with Crippen LogP contribution in [0.4, 0.5) is 0 Å². The summed E-state index contributed by atoms with van der Waals surface area (Å²) in [7, 11) is 1.88. The zero-order valence-electron chi connectivity index (χ0n) is 8.92. The van der Waals surface area contributed by atoms with Crippen molar-refractivity contribution in [2.24, 2.45) is 13.0 Å². The Labute approximate surface area is 92.5 Å². The van der Waals surface area contributed by atoms with E-state index >= 15 is 0 Å². The molecule has 0 spiro atoms. The smallest absolute Gasteiger partial charge is 0.307 e. The van der Waals surface area contributed by atoms with Crippen LogP contribution in [0.2, 0.25) is 0 Å². The van der Waals surface area contributed by atoms with Crippen molar-refractivity contribution in [3.63, 3.8) is 0 Å². The van der Waals surface area contributed by atoms with Gasteiger partial charge in [-0.2, -0.15) is 5.10 Å². The van der Waals surface area contributed by atoms with Crippen LogP contribution in [-0.2, 0) is 11.8 Å². The summed E-state index contributed by atoms with van der Waals surface area (Å²) in [6.45, 7) is 0. The van der Waals surface area contributed by atoms with Gasteiger partial charge in [-0.1, -0.05) is 18.2 Å². The zero-order valence-corrected chi connectivity index (χ0v) is 8.92. The standard InChI is InChI=1S/C12H12N2O2/c1-14-11(8-6-9(8)12(15)16)7-4-2-3-5-10(7)13-14/h2-5,8-9H,6H2,1H3,(H,15,16).